The molecule has 2 amide bonds. The van der Waals surface area contributed by atoms with Gasteiger partial charge in [0.25, 0.3) is 11.8 Å². The zero-order chi connectivity index (χ0) is 16.0. The zero-order valence-corrected chi connectivity index (χ0v) is 12.6. The number of imide groups is 1. The Labute approximate surface area is 122 Å². The van der Waals surface area contributed by atoms with Gasteiger partial charge in [0.2, 0.25) is 0 Å². The normalized spacial score (nSPS) is 28.0. The molecule has 1 unspecified atom stereocenters. The van der Waals surface area contributed by atoms with E-state index >= 15 is 0 Å². The van der Waals surface area contributed by atoms with Crippen molar-refractivity contribution in [2.45, 2.75) is 64.1 Å². The van der Waals surface area contributed by atoms with E-state index < -0.39 is 35.2 Å². The lowest BCUT2D eigenvalue weighted by molar-refractivity contribution is -0.205. The van der Waals surface area contributed by atoms with Gasteiger partial charge in [-0.3, -0.25) is 14.4 Å². The molecular weight excluding hydrogens is 280 g/mol. The summed E-state index contributed by atoms with van der Waals surface area (Å²) in [7, 11) is 0. The van der Waals surface area contributed by atoms with Crippen molar-refractivity contribution in [1.29, 1.82) is 0 Å². The molecule has 8 heteroatoms. The first-order valence-corrected chi connectivity index (χ1v) is 6.81. The van der Waals surface area contributed by atoms with Gasteiger partial charge < -0.3 is 9.94 Å². The maximum absolute atomic E-state index is 11.8. The first kappa shape index (κ1) is 15.7. The molecule has 2 rings (SSSR count). The summed E-state index contributed by atoms with van der Waals surface area (Å²) in [6.45, 7) is 7.34. The number of rotatable bonds is 2. The molecule has 21 heavy (non-hydrogen) atoms. The second kappa shape index (κ2) is 4.96. The molecule has 0 bridgehead atoms. The van der Waals surface area contributed by atoms with Crippen molar-refractivity contribution in [2.75, 3.05) is 0 Å². The maximum atomic E-state index is 11.8. The molecule has 0 aromatic carbocycles. The number of amides is 2. The predicted octanol–water partition coefficient (Wildman–Crippen LogP) is 0.475. The monoisotopic (exact) mass is 301 g/mol. The largest absolute Gasteiger partial charge is 0.534 e. The fraction of sp³-hybridized carbons (Fsp3) is 0.769. The van der Waals surface area contributed by atoms with E-state index in [0.29, 0.717) is 11.5 Å². The van der Waals surface area contributed by atoms with Crippen LogP contribution in [0.1, 0.15) is 47.0 Å². The smallest absolute Gasteiger partial charge is 0.427 e. The standard InChI is InChI=1S/C13H20N2O6/c1-12(2)7-8(13(3,4)15(12)19)20-11(18)21-14-9(16)5-6-10(14)17/h8,19H,5-7H2,1-4H3/p+1. The van der Waals surface area contributed by atoms with Gasteiger partial charge in [-0.05, 0) is 27.7 Å². The molecule has 1 atom stereocenters. The molecule has 0 aliphatic carbocycles. The maximum Gasteiger partial charge on any atom is 0.534 e. The van der Waals surface area contributed by atoms with E-state index in [4.69, 9.17) is 9.94 Å². The van der Waals surface area contributed by atoms with Gasteiger partial charge in [0.1, 0.15) is 11.6 Å². The molecule has 2 saturated heterocycles. The van der Waals surface area contributed by atoms with Crippen LogP contribution in [0.3, 0.4) is 0 Å². The van der Waals surface area contributed by atoms with Crippen molar-refractivity contribution >= 4 is 18.0 Å². The fourth-order valence-corrected chi connectivity index (χ4v) is 2.77. The molecule has 2 N–H and O–H groups in total. The number of hydrogen-bond acceptors (Lipinski definition) is 6. The summed E-state index contributed by atoms with van der Waals surface area (Å²) >= 11 is 0. The number of carbonyl (C=O) groups is 3. The van der Waals surface area contributed by atoms with Crippen LogP contribution < -0.4 is 0 Å². The molecular formula is C13H21N2O6+. The van der Waals surface area contributed by atoms with Gasteiger partial charge in [-0.25, -0.2) is 4.79 Å². The third kappa shape index (κ3) is 2.73. The van der Waals surface area contributed by atoms with Crippen LogP contribution in [0.4, 0.5) is 4.79 Å². The Balaban J connectivity index is 2.00. The molecule has 0 saturated carbocycles. The zero-order valence-electron chi connectivity index (χ0n) is 12.6. The van der Waals surface area contributed by atoms with Crippen molar-refractivity contribution in [3.05, 3.63) is 0 Å². The highest BCUT2D eigenvalue weighted by molar-refractivity contribution is 6.01. The summed E-state index contributed by atoms with van der Waals surface area (Å²) < 4.78 is 5.22. The molecule has 0 radical (unpaired) electrons. The molecule has 0 aromatic rings. The molecule has 2 aliphatic rings. The molecule has 2 heterocycles. The summed E-state index contributed by atoms with van der Waals surface area (Å²) in [5.41, 5.74) is -1.14. The number of hydrogen-bond donors (Lipinski definition) is 0. The van der Waals surface area contributed by atoms with Crippen LogP contribution in [0.5, 0.6) is 0 Å². The Morgan fingerprint density at radius 3 is 2.14 bits per heavy atom. The summed E-state index contributed by atoms with van der Waals surface area (Å²) in [6, 6.07) is 0. The molecule has 118 valence electrons. The Morgan fingerprint density at radius 1 is 1.19 bits per heavy atom. The molecule has 0 aromatic heterocycles. The Hall–Kier alpha value is -1.67. The van der Waals surface area contributed by atoms with Gasteiger partial charge in [-0.2, -0.15) is 0 Å². The fourth-order valence-electron chi connectivity index (χ4n) is 2.77. The summed E-state index contributed by atoms with van der Waals surface area (Å²) in [5, 5.41) is 9.93. The third-order valence-corrected chi connectivity index (χ3v) is 4.06. The second-order valence-electron chi connectivity index (χ2n) is 6.54. The van der Waals surface area contributed by atoms with Crippen LogP contribution >= 0.6 is 0 Å². The average molecular weight is 301 g/mol. The summed E-state index contributed by atoms with van der Waals surface area (Å²) in [5.74, 6) is -1.10. The van der Waals surface area contributed by atoms with Crippen molar-refractivity contribution < 1.29 is 29.2 Å². The van der Waals surface area contributed by atoms with Gasteiger partial charge >= 0.3 is 6.16 Å². The van der Waals surface area contributed by atoms with E-state index in [1.54, 1.807) is 13.8 Å². The SMILES string of the molecule is CC1(C)CC(OC(=O)ON2C(=O)CCC2=O)C(C)(C)N1[OH2+]. The minimum Gasteiger partial charge on any atom is -0.427 e. The first-order chi connectivity index (χ1) is 9.55. The van der Waals surface area contributed by atoms with Crippen molar-refractivity contribution in [3.63, 3.8) is 0 Å². The first-order valence-electron chi connectivity index (χ1n) is 6.81. The van der Waals surface area contributed by atoms with E-state index in [2.05, 4.69) is 4.84 Å². The van der Waals surface area contributed by atoms with Gasteiger partial charge in [0.05, 0.1) is 5.54 Å². The van der Waals surface area contributed by atoms with E-state index in [1.165, 1.54) is 5.06 Å². The topological polar surface area (TPSA) is 99.0 Å². The van der Waals surface area contributed by atoms with Crippen LogP contribution in [-0.2, 0) is 19.2 Å². The number of carbonyl (C=O) groups excluding carboxylic acids is 3. The third-order valence-electron chi connectivity index (χ3n) is 4.06. The highest BCUT2D eigenvalue weighted by Gasteiger charge is 2.57. The highest BCUT2D eigenvalue weighted by Crippen LogP contribution is 2.40. The summed E-state index contributed by atoms with van der Waals surface area (Å²) in [4.78, 5) is 39.2. The van der Waals surface area contributed by atoms with E-state index in [-0.39, 0.29) is 12.8 Å². The highest BCUT2D eigenvalue weighted by atomic mass is 16.8. The number of ether oxygens (including phenoxy) is 1. The predicted molar refractivity (Wildman–Crippen MR) is 70.7 cm³/mol. The van der Waals surface area contributed by atoms with Crippen LogP contribution in [0.2, 0.25) is 0 Å². The minimum absolute atomic E-state index is 0.0363. The lowest BCUT2D eigenvalue weighted by atomic mass is 9.97. The number of hydroxylamine groups is 4. The van der Waals surface area contributed by atoms with Crippen LogP contribution in [0, 0.1) is 0 Å². The lowest BCUT2D eigenvalue weighted by Gasteiger charge is -2.30. The van der Waals surface area contributed by atoms with Crippen molar-refractivity contribution in [3.8, 4) is 0 Å². The Kier molecular flexibility index (Phi) is 3.71. The lowest BCUT2D eigenvalue weighted by Crippen LogP contribution is -2.49. The van der Waals surface area contributed by atoms with Crippen molar-refractivity contribution in [1.82, 2.24) is 10.1 Å². The minimum atomic E-state index is -1.09. The van der Waals surface area contributed by atoms with Gasteiger partial charge in [-0.1, -0.05) is 10.1 Å². The molecule has 0 spiro atoms. The summed E-state index contributed by atoms with van der Waals surface area (Å²) in [6.07, 6.45) is -1.13. The van der Waals surface area contributed by atoms with Crippen molar-refractivity contribution in [2.24, 2.45) is 0 Å². The van der Waals surface area contributed by atoms with E-state index in [9.17, 15) is 14.4 Å². The van der Waals surface area contributed by atoms with Gasteiger partial charge in [0, 0.05) is 19.3 Å². The van der Waals surface area contributed by atoms with Crippen LogP contribution in [0.15, 0.2) is 0 Å². The van der Waals surface area contributed by atoms with Gasteiger partial charge in [-0.15, -0.1) is 0 Å². The second-order valence-corrected chi connectivity index (χ2v) is 6.54. The molecule has 2 aliphatic heterocycles. The van der Waals surface area contributed by atoms with E-state index in [0.717, 1.165) is 0 Å². The van der Waals surface area contributed by atoms with Crippen LogP contribution in [-0.4, -0.2) is 50.5 Å². The van der Waals surface area contributed by atoms with E-state index in [1.807, 2.05) is 13.8 Å². The number of nitrogens with zero attached hydrogens (tertiary/aromatic N) is 2. The van der Waals surface area contributed by atoms with Crippen LogP contribution in [0.25, 0.3) is 0 Å². The molecule has 8 nitrogen and oxygen atoms in total. The molecule has 2 fully saturated rings. The van der Waals surface area contributed by atoms with Gasteiger partial charge in [0.15, 0.2) is 0 Å². The average Bonchev–Trinajstić information content (AvgIpc) is 2.74. The Morgan fingerprint density at radius 2 is 1.71 bits per heavy atom. The Bertz CT molecular complexity index is 471. The quantitative estimate of drug-likeness (QED) is 0.418.